The number of rotatable bonds is 2. The molecule has 21 heavy (non-hydrogen) atoms. The number of carboxylic acid groups (broad SMARTS) is 1. The second-order valence-corrected chi connectivity index (χ2v) is 5.45. The third-order valence-corrected chi connectivity index (χ3v) is 3.69. The van der Waals surface area contributed by atoms with Gasteiger partial charge < -0.3 is 14.9 Å². The quantitative estimate of drug-likeness (QED) is 0.855. The number of carbonyl (C=O) groups is 3. The summed E-state index contributed by atoms with van der Waals surface area (Å²) in [6.45, 7) is 4.03. The first kappa shape index (κ1) is 15.0. The minimum Gasteiger partial charge on any atom is -0.478 e. The first-order valence-corrected chi connectivity index (χ1v) is 6.52. The van der Waals surface area contributed by atoms with Crippen LogP contribution in [-0.4, -0.2) is 63.4 Å². The zero-order chi connectivity index (χ0) is 15.8. The maximum Gasteiger partial charge on any atom is 0.338 e. The van der Waals surface area contributed by atoms with Crippen molar-refractivity contribution < 1.29 is 19.5 Å². The molecule has 1 aliphatic rings. The zero-order valence-corrected chi connectivity index (χ0v) is 12.2. The van der Waals surface area contributed by atoms with Crippen molar-refractivity contribution in [2.45, 2.75) is 19.4 Å². The lowest BCUT2D eigenvalue weighted by Crippen LogP contribution is -2.63. The van der Waals surface area contributed by atoms with Crippen molar-refractivity contribution in [2.24, 2.45) is 0 Å². The highest BCUT2D eigenvalue weighted by Crippen LogP contribution is 2.24. The van der Waals surface area contributed by atoms with E-state index in [4.69, 9.17) is 5.11 Å². The molecule has 0 saturated carbocycles. The molecular formula is C14H17N3O4. The van der Waals surface area contributed by atoms with Gasteiger partial charge in [0.25, 0.3) is 5.91 Å². The molecule has 2 amide bonds. The number of likely N-dealkylation sites (N-methyl/N-ethyl adjacent to an activating group) is 1. The van der Waals surface area contributed by atoms with Crippen LogP contribution in [0.5, 0.6) is 0 Å². The van der Waals surface area contributed by atoms with Crippen molar-refractivity contribution in [3.63, 3.8) is 0 Å². The van der Waals surface area contributed by atoms with Crippen molar-refractivity contribution in [2.75, 3.05) is 20.1 Å². The van der Waals surface area contributed by atoms with Gasteiger partial charge in [0.05, 0.1) is 5.56 Å². The molecule has 112 valence electrons. The lowest BCUT2D eigenvalue weighted by atomic mass is 9.96. The molecule has 1 fully saturated rings. The molecule has 1 saturated heterocycles. The van der Waals surface area contributed by atoms with E-state index in [0.29, 0.717) is 13.1 Å². The Balaban J connectivity index is 2.41. The van der Waals surface area contributed by atoms with Gasteiger partial charge in [0, 0.05) is 26.3 Å². The Labute approximate surface area is 122 Å². The van der Waals surface area contributed by atoms with Crippen molar-refractivity contribution in [1.82, 2.24) is 14.8 Å². The monoisotopic (exact) mass is 291 g/mol. The molecule has 2 heterocycles. The average Bonchev–Trinajstić information content (AvgIpc) is 2.44. The number of aromatic nitrogens is 1. The second-order valence-electron chi connectivity index (χ2n) is 5.45. The number of pyridine rings is 1. The molecule has 1 aromatic rings. The van der Waals surface area contributed by atoms with Crippen LogP contribution in [0, 0.1) is 0 Å². The van der Waals surface area contributed by atoms with Crippen molar-refractivity contribution in [1.29, 1.82) is 0 Å². The molecule has 1 aromatic heterocycles. The van der Waals surface area contributed by atoms with Crippen LogP contribution in [0.1, 0.15) is 34.7 Å². The van der Waals surface area contributed by atoms with Crippen LogP contribution in [0.15, 0.2) is 18.3 Å². The van der Waals surface area contributed by atoms with Crippen LogP contribution in [-0.2, 0) is 4.79 Å². The van der Waals surface area contributed by atoms with Gasteiger partial charge in [0.15, 0.2) is 0 Å². The summed E-state index contributed by atoms with van der Waals surface area (Å²) in [7, 11) is 1.68. The van der Waals surface area contributed by atoms with Gasteiger partial charge in [-0.05, 0) is 26.0 Å². The fourth-order valence-electron chi connectivity index (χ4n) is 2.45. The number of carbonyl (C=O) groups excluding carboxylic acids is 2. The third kappa shape index (κ3) is 2.46. The summed E-state index contributed by atoms with van der Waals surface area (Å²) in [6.07, 6.45) is 1.37. The number of carboxylic acids is 1. The Hall–Kier alpha value is -2.44. The topological polar surface area (TPSA) is 90.8 Å². The summed E-state index contributed by atoms with van der Waals surface area (Å²) >= 11 is 0. The predicted molar refractivity (Wildman–Crippen MR) is 73.9 cm³/mol. The Morgan fingerprint density at radius 1 is 1.33 bits per heavy atom. The maximum atomic E-state index is 12.6. The molecular weight excluding hydrogens is 274 g/mol. The maximum absolute atomic E-state index is 12.6. The van der Waals surface area contributed by atoms with Crippen LogP contribution in [0.4, 0.5) is 0 Å². The zero-order valence-electron chi connectivity index (χ0n) is 12.2. The Bertz CT molecular complexity index is 612. The number of aromatic carboxylic acids is 1. The molecule has 0 atom stereocenters. The van der Waals surface area contributed by atoms with Gasteiger partial charge in [-0.1, -0.05) is 0 Å². The van der Waals surface area contributed by atoms with E-state index in [9.17, 15) is 14.4 Å². The summed E-state index contributed by atoms with van der Waals surface area (Å²) in [5.41, 5.74) is -1.34. The largest absolute Gasteiger partial charge is 0.478 e. The van der Waals surface area contributed by atoms with E-state index < -0.39 is 17.4 Å². The molecule has 2 rings (SSSR count). The average molecular weight is 291 g/mol. The van der Waals surface area contributed by atoms with E-state index in [0.717, 1.165) is 0 Å². The number of amides is 2. The summed E-state index contributed by atoms with van der Waals surface area (Å²) in [5.74, 6) is -1.95. The van der Waals surface area contributed by atoms with E-state index in [-0.39, 0.29) is 17.2 Å². The number of nitrogens with zero attached hydrogens (tertiary/aromatic N) is 3. The van der Waals surface area contributed by atoms with Crippen LogP contribution < -0.4 is 0 Å². The number of piperazine rings is 1. The third-order valence-electron chi connectivity index (χ3n) is 3.69. The molecule has 0 spiro atoms. The number of hydrogen-bond acceptors (Lipinski definition) is 4. The molecule has 0 unspecified atom stereocenters. The second kappa shape index (κ2) is 5.16. The predicted octanol–water partition coefficient (Wildman–Crippen LogP) is 0.473. The van der Waals surface area contributed by atoms with E-state index in [1.54, 1.807) is 25.8 Å². The summed E-state index contributed by atoms with van der Waals surface area (Å²) in [6, 6.07) is 2.79. The molecule has 1 aliphatic heterocycles. The van der Waals surface area contributed by atoms with Crippen LogP contribution in [0.25, 0.3) is 0 Å². The first-order valence-electron chi connectivity index (χ1n) is 6.52. The summed E-state index contributed by atoms with van der Waals surface area (Å²) in [5, 5.41) is 9.15. The van der Waals surface area contributed by atoms with E-state index in [1.807, 2.05) is 0 Å². The Kier molecular flexibility index (Phi) is 3.67. The standard InChI is InChI=1S/C14H17N3O4/c1-14(2)13(21)16(3)7-8-17(14)11(18)10-9(12(19)20)5-4-6-15-10/h4-6H,7-8H2,1-3H3,(H,19,20). The van der Waals surface area contributed by atoms with Crippen molar-refractivity contribution >= 4 is 17.8 Å². The van der Waals surface area contributed by atoms with Crippen LogP contribution in [0.3, 0.4) is 0 Å². The highest BCUT2D eigenvalue weighted by molar-refractivity contribution is 6.05. The highest BCUT2D eigenvalue weighted by atomic mass is 16.4. The van der Waals surface area contributed by atoms with Gasteiger partial charge in [0.1, 0.15) is 11.2 Å². The normalized spacial score (nSPS) is 17.8. The number of hydrogen-bond donors (Lipinski definition) is 1. The van der Waals surface area contributed by atoms with Gasteiger partial charge in [-0.2, -0.15) is 0 Å². The summed E-state index contributed by atoms with van der Waals surface area (Å²) in [4.78, 5) is 42.9. The lowest BCUT2D eigenvalue weighted by molar-refractivity contribution is -0.144. The minimum atomic E-state index is -1.22. The van der Waals surface area contributed by atoms with Gasteiger partial charge >= 0.3 is 5.97 Å². The van der Waals surface area contributed by atoms with E-state index >= 15 is 0 Å². The minimum absolute atomic E-state index is 0.143. The van der Waals surface area contributed by atoms with E-state index in [1.165, 1.54) is 23.2 Å². The molecule has 7 heteroatoms. The first-order chi connectivity index (χ1) is 9.76. The fraction of sp³-hybridized carbons (Fsp3) is 0.429. The van der Waals surface area contributed by atoms with Crippen molar-refractivity contribution in [3.05, 3.63) is 29.6 Å². The van der Waals surface area contributed by atoms with Gasteiger partial charge in [-0.25, -0.2) is 4.79 Å². The molecule has 0 aromatic carbocycles. The van der Waals surface area contributed by atoms with Crippen LogP contribution >= 0.6 is 0 Å². The molecule has 7 nitrogen and oxygen atoms in total. The molecule has 0 aliphatic carbocycles. The summed E-state index contributed by atoms with van der Waals surface area (Å²) < 4.78 is 0. The molecule has 0 radical (unpaired) electrons. The fourth-order valence-corrected chi connectivity index (χ4v) is 2.45. The van der Waals surface area contributed by atoms with E-state index in [2.05, 4.69) is 4.98 Å². The SMILES string of the molecule is CN1CCN(C(=O)c2ncccc2C(=O)O)C(C)(C)C1=O. The Morgan fingerprint density at radius 2 is 2.00 bits per heavy atom. The van der Waals surface area contributed by atoms with Crippen LogP contribution in [0.2, 0.25) is 0 Å². The van der Waals surface area contributed by atoms with Gasteiger partial charge in [-0.3, -0.25) is 14.6 Å². The Morgan fingerprint density at radius 3 is 2.62 bits per heavy atom. The van der Waals surface area contributed by atoms with Gasteiger partial charge in [-0.15, -0.1) is 0 Å². The van der Waals surface area contributed by atoms with Crippen molar-refractivity contribution in [3.8, 4) is 0 Å². The molecule has 1 N–H and O–H groups in total. The van der Waals surface area contributed by atoms with Gasteiger partial charge in [0.2, 0.25) is 5.91 Å². The lowest BCUT2D eigenvalue weighted by Gasteiger charge is -2.44. The smallest absolute Gasteiger partial charge is 0.338 e. The highest BCUT2D eigenvalue weighted by Gasteiger charge is 2.44. The molecule has 0 bridgehead atoms.